The van der Waals surface area contributed by atoms with Crippen molar-refractivity contribution < 1.29 is 14.3 Å². The first-order valence-corrected chi connectivity index (χ1v) is 11.4. The Labute approximate surface area is 185 Å². The maximum atomic E-state index is 12.1. The highest BCUT2D eigenvalue weighted by Gasteiger charge is 2.34. The number of ether oxygens (including phenoxy) is 2. The summed E-state index contributed by atoms with van der Waals surface area (Å²) in [5.41, 5.74) is 4.88. The largest absolute Gasteiger partial charge is 0.495 e. The second-order valence-electron chi connectivity index (χ2n) is 8.27. The van der Waals surface area contributed by atoms with E-state index in [4.69, 9.17) is 14.6 Å². The van der Waals surface area contributed by atoms with Gasteiger partial charge in [-0.15, -0.1) is 0 Å². The van der Waals surface area contributed by atoms with Crippen molar-refractivity contribution in [3.63, 3.8) is 0 Å². The summed E-state index contributed by atoms with van der Waals surface area (Å²) in [6.45, 7) is 5.42. The zero-order chi connectivity index (χ0) is 20.8. The van der Waals surface area contributed by atoms with Crippen LogP contribution in [0.5, 0.6) is 5.75 Å². The zero-order valence-corrected chi connectivity index (χ0v) is 19.1. The molecule has 3 aliphatic heterocycles. The Morgan fingerprint density at radius 1 is 1.30 bits per heavy atom. The van der Waals surface area contributed by atoms with Crippen molar-refractivity contribution in [1.29, 1.82) is 0 Å². The lowest BCUT2D eigenvalue weighted by Gasteiger charge is -2.33. The first-order chi connectivity index (χ1) is 14.6. The Balaban J connectivity index is 1.62. The van der Waals surface area contributed by atoms with Crippen LogP contribution in [-0.2, 0) is 28.9 Å². The van der Waals surface area contributed by atoms with Crippen LogP contribution >= 0.6 is 15.9 Å². The zero-order valence-electron chi connectivity index (χ0n) is 17.5. The maximum Gasteiger partial charge on any atom is 0.219 e. The van der Waals surface area contributed by atoms with Gasteiger partial charge in [0, 0.05) is 56.1 Å². The van der Waals surface area contributed by atoms with E-state index in [-0.39, 0.29) is 11.9 Å². The quantitative estimate of drug-likeness (QED) is 0.679. The molecule has 1 saturated heterocycles. The molecular formula is C22H27BrN4O3. The molecular weight excluding hydrogens is 448 g/mol. The van der Waals surface area contributed by atoms with Crippen LogP contribution < -0.4 is 9.64 Å². The third kappa shape index (κ3) is 3.30. The van der Waals surface area contributed by atoms with Gasteiger partial charge < -0.3 is 19.3 Å². The number of benzene rings is 1. The van der Waals surface area contributed by atoms with Crippen molar-refractivity contribution in [2.75, 3.05) is 38.3 Å². The fourth-order valence-electron chi connectivity index (χ4n) is 4.89. The normalized spacial score (nSPS) is 20.8. The average Bonchev–Trinajstić information content (AvgIpc) is 3.40. The molecule has 0 bridgehead atoms. The van der Waals surface area contributed by atoms with Crippen molar-refractivity contribution >= 4 is 33.3 Å². The molecule has 0 N–H and O–H groups in total. The Morgan fingerprint density at radius 2 is 2.17 bits per heavy atom. The van der Waals surface area contributed by atoms with Crippen molar-refractivity contribution in [2.24, 2.45) is 0 Å². The van der Waals surface area contributed by atoms with Gasteiger partial charge in [0.1, 0.15) is 5.75 Å². The van der Waals surface area contributed by atoms with Gasteiger partial charge in [-0.25, -0.2) is 0 Å². The number of aryl methyl sites for hydroxylation is 1. The predicted octanol–water partition coefficient (Wildman–Crippen LogP) is 3.60. The molecule has 160 valence electrons. The van der Waals surface area contributed by atoms with Gasteiger partial charge in [-0.05, 0) is 46.8 Å². The predicted molar refractivity (Wildman–Crippen MR) is 118 cm³/mol. The van der Waals surface area contributed by atoms with E-state index in [0.29, 0.717) is 13.2 Å². The number of halogens is 1. The number of amides is 1. The standard InChI is InChI=1S/C22H27BrN4O3/c1-14(28)25-8-5-19-17(12-25)22(24-27(19)16-6-9-30-13-16)26-7-3-4-15-10-18(23)21(29-2)11-20(15)26/h10-11,16H,3-9,12-13H2,1-2H3. The van der Waals surface area contributed by atoms with Gasteiger partial charge in [0.05, 0.1) is 30.8 Å². The van der Waals surface area contributed by atoms with Gasteiger partial charge >= 0.3 is 0 Å². The second-order valence-corrected chi connectivity index (χ2v) is 9.13. The summed E-state index contributed by atoms with van der Waals surface area (Å²) in [6, 6.07) is 4.55. The fraction of sp³-hybridized carbons (Fsp3) is 0.545. The van der Waals surface area contributed by atoms with Gasteiger partial charge in [-0.2, -0.15) is 5.10 Å². The maximum absolute atomic E-state index is 12.1. The van der Waals surface area contributed by atoms with Crippen LogP contribution in [0.2, 0.25) is 0 Å². The molecule has 1 aromatic heterocycles. The number of aromatic nitrogens is 2. The molecule has 1 unspecified atom stereocenters. The molecule has 1 fully saturated rings. The van der Waals surface area contributed by atoms with Gasteiger partial charge in [-0.1, -0.05) is 0 Å². The molecule has 1 amide bonds. The molecule has 0 saturated carbocycles. The molecule has 7 nitrogen and oxygen atoms in total. The lowest BCUT2D eigenvalue weighted by molar-refractivity contribution is -0.129. The van der Waals surface area contributed by atoms with Crippen LogP contribution in [0.4, 0.5) is 11.5 Å². The molecule has 5 rings (SSSR count). The highest BCUT2D eigenvalue weighted by molar-refractivity contribution is 9.10. The summed E-state index contributed by atoms with van der Waals surface area (Å²) >= 11 is 3.62. The van der Waals surface area contributed by atoms with E-state index in [1.807, 2.05) is 4.90 Å². The molecule has 0 spiro atoms. The van der Waals surface area contributed by atoms with Gasteiger partial charge in [-0.3, -0.25) is 9.48 Å². The van der Waals surface area contributed by atoms with Crippen molar-refractivity contribution in [3.8, 4) is 5.75 Å². The Bertz CT molecular complexity index is 983. The molecule has 0 aliphatic carbocycles. The lowest BCUT2D eigenvalue weighted by atomic mass is 10.00. The first-order valence-electron chi connectivity index (χ1n) is 10.6. The number of methoxy groups -OCH3 is 1. The SMILES string of the molecule is COc1cc2c(cc1Br)CCCN2c1nn(C2CCOC2)c2c1CN(C(C)=O)CC2. The van der Waals surface area contributed by atoms with E-state index >= 15 is 0 Å². The summed E-state index contributed by atoms with van der Waals surface area (Å²) in [6.07, 6.45) is 3.92. The van der Waals surface area contributed by atoms with E-state index in [9.17, 15) is 4.79 Å². The summed E-state index contributed by atoms with van der Waals surface area (Å²) in [7, 11) is 1.70. The number of hydrogen-bond donors (Lipinski definition) is 0. The molecule has 0 radical (unpaired) electrons. The van der Waals surface area contributed by atoms with E-state index in [0.717, 1.165) is 67.1 Å². The molecule has 1 atom stereocenters. The molecule has 4 heterocycles. The smallest absolute Gasteiger partial charge is 0.219 e. The minimum absolute atomic E-state index is 0.119. The van der Waals surface area contributed by atoms with Gasteiger partial charge in [0.2, 0.25) is 5.91 Å². The number of carbonyl (C=O) groups is 1. The highest BCUT2D eigenvalue weighted by atomic mass is 79.9. The summed E-state index contributed by atoms with van der Waals surface area (Å²) in [4.78, 5) is 16.4. The highest BCUT2D eigenvalue weighted by Crippen LogP contribution is 2.42. The first kappa shape index (κ1) is 19.9. The van der Waals surface area contributed by atoms with Crippen LogP contribution in [0.25, 0.3) is 0 Å². The number of anilines is 2. The third-order valence-corrected chi connectivity index (χ3v) is 7.11. The Morgan fingerprint density at radius 3 is 2.90 bits per heavy atom. The van der Waals surface area contributed by atoms with Gasteiger partial charge in [0.25, 0.3) is 0 Å². The molecule has 8 heteroatoms. The molecule has 1 aromatic carbocycles. The second kappa shape index (κ2) is 7.89. The molecule has 30 heavy (non-hydrogen) atoms. The molecule has 3 aliphatic rings. The number of nitrogens with zero attached hydrogens (tertiary/aromatic N) is 4. The van der Waals surface area contributed by atoms with Crippen LogP contribution in [0.15, 0.2) is 16.6 Å². The van der Waals surface area contributed by atoms with E-state index in [1.54, 1.807) is 14.0 Å². The number of rotatable bonds is 3. The minimum Gasteiger partial charge on any atom is -0.495 e. The Kier molecular flexibility index (Phi) is 5.23. The van der Waals surface area contributed by atoms with Crippen LogP contribution in [0.1, 0.15) is 42.6 Å². The summed E-state index contributed by atoms with van der Waals surface area (Å²) < 4.78 is 14.4. The Hall–Kier alpha value is -2.06. The number of hydrogen-bond acceptors (Lipinski definition) is 5. The van der Waals surface area contributed by atoms with Gasteiger partial charge in [0.15, 0.2) is 5.82 Å². The third-order valence-electron chi connectivity index (χ3n) is 6.49. The fourth-order valence-corrected chi connectivity index (χ4v) is 5.44. The van der Waals surface area contributed by atoms with E-state index in [2.05, 4.69) is 37.6 Å². The monoisotopic (exact) mass is 474 g/mol. The van der Waals surface area contributed by atoms with Crippen molar-refractivity contribution in [3.05, 3.63) is 33.4 Å². The summed E-state index contributed by atoms with van der Waals surface area (Å²) in [5.74, 6) is 1.92. The van der Waals surface area contributed by atoms with Crippen molar-refractivity contribution in [2.45, 2.75) is 45.2 Å². The number of fused-ring (bicyclic) bond motifs is 2. The van der Waals surface area contributed by atoms with E-state index < -0.39 is 0 Å². The van der Waals surface area contributed by atoms with E-state index in [1.165, 1.54) is 16.8 Å². The number of carbonyl (C=O) groups excluding carboxylic acids is 1. The van der Waals surface area contributed by atoms with Crippen LogP contribution in [-0.4, -0.2) is 54.0 Å². The minimum atomic E-state index is 0.119. The van der Waals surface area contributed by atoms with Crippen molar-refractivity contribution in [1.82, 2.24) is 14.7 Å². The molecule has 2 aromatic rings. The van der Waals surface area contributed by atoms with Crippen LogP contribution in [0.3, 0.4) is 0 Å². The topological polar surface area (TPSA) is 59.8 Å². The summed E-state index contributed by atoms with van der Waals surface area (Å²) in [5, 5.41) is 5.14. The van der Waals surface area contributed by atoms with Crippen LogP contribution in [0, 0.1) is 0 Å². The lowest BCUT2D eigenvalue weighted by Crippen LogP contribution is -2.35. The average molecular weight is 475 g/mol.